The zero-order chi connectivity index (χ0) is 21.0. The minimum absolute atomic E-state index is 0.0595. The first-order valence-corrected chi connectivity index (χ1v) is 8.71. The number of esters is 2. The quantitative estimate of drug-likeness (QED) is 0.615. The minimum atomic E-state index is -0.601. The van der Waals surface area contributed by atoms with Gasteiger partial charge in [0.2, 0.25) is 0 Å². The molecule has 0 saturated carbocycles. The molecule has 0 unspecified atom stereocenters. The number of ether oxygens (including phenoxy) is 2. The zero-order valence-corrected chi connectivity index (χ0v) is 15.9. The number of amides is 1. The molecule has 0 saturated heterocycles. The summed E-state index contributed by atoms with van der Waals surface area (Å²) < 4.78 is 15.0. The molecule has 3 aromatic rings. The molecule has 29 heavy (non-hydrogen) atoms. The van der Waals surface area contributed by atoms with E-state index in [0.29, 0.717) is 27.8 Å². The molecule has 1 aromatic heterocycles. The molecule has 0 radical (unpaired) electrons. The summed E-state index contributed by atoms with van der Waals surface area (Å²) in [6, 6.07) is 9.34. The minimum Gasteiger partial charge on any atom is -0.508 e. The van der Waals surface area contributed by atoms with Crippen molar-refractivity contribution in [2.75, 3.05) is 19.0 Å². The Labute approximate surface area is 166 Å². The maximum atomic E-state index is 12.1. The number of rotatable bonds is 6. The number of carbonyl (C=O) groups excluding carboxylic acids is 3. The second kappa shape index (κ2) is 8.47. The molecule has 1 amide bonds. The predicted octanol–water partition coefficient (Wildman–Crippen LogP) is 2.96. The number of phenolic OH excluding ortho intramolecular Hbond substituents is 1. The van der Waals surface area contributed by atoms with Crippen LogP contribution in [0, 0.1) is 6.92 Å². The molecule has 8 nitrogen and oxygen atoms in total. The van der Waals surface area contributed by atoms with E-state index in [2.05, 4.69) is 10.1 Å². The van der Waals surface area contributed by atoms with Crippen molar-refractivity contribution in [1.82, 2.24) is 0 Å². The molecular formula is C21H19NO7. The molecule has 0 aliphatic rings. The van der Waals surface area contributed by atoms with Crippen molar-refractivity contribution in [3.63, 3.8) is 0 Å². The molecule has 8 heteroatoms. The van der Waals surface area contributed by atoms with Crippen molar-refractivity contribution in [3.05, 3.63) is 59.4 Å². The van der Waals surface area contributed by atoms with Crippen molar-refractivity contribution in [1.29, 1.82) is 0 Å². The lowest BCUT2D eigenvalue weighted by Crippen LogP contribution is -2.22. The molecule has 0 fully saturated rings. The van der Waals surface area contributed by atoms with E-state index in [1.807, 2.05) is 0 Å². The van der Waals surface area contributed by atoms with E-state index in [-0.39, 0.29) is 12.2 Å². The fourth-order valence-corrected chi connectivity index (χ4v) is 2.75. The van der Waals surface area contributed by atoms with Crippen molar-refractivity contribution in [2.45, 2.75) is 13.3 Å². The van der Waals surface area contributed by atoms with Gasteiger partial charge in [-0.05, 0) is 36.8 Å². The second-order valence-electron chi connectivity index (χ2n) is 6.35. The predicted molar refractivity (Wildman–Crippen MR) is 104 cm³/mol. The molecule has 0 bridgehead atoms. The van der Waals surface area contributed by atoms with Crippen LogP contribution < -0.4 is 5.32 Å². The molecule has 0 aliphatic heterocycles. The summed E-state index contributed by atoms with van der Waals surface area (Å²) in [7, 11) is 1.27. The maximum Gasteiger partial charge on any atom is 0.337 e. The molecule has 150 valence electrons. The lowest BCUT2D eigenvalue weighted by atomic mass is 10.1. The van der Waals surface area contributed by atoms with Crippen LogP contribution in [0.15, 0.2) is 47.1 Å². The van der Waals surface area contributed by atoms with Crippen LogP contribution in [0.4, 0.5) is 5.69 Å². The molecule has 0 atom stereocenters. The molecule has 2 N–H and O–H groups in total. The van der Waals surface area contributed by atoms with Gasteiger partial charge in [-0.1, -0.05) is 6.07 Å². The van der Waals surface area contributed by atoms with Gasteiger partial charge >= 0.3 is 11.9 Å². The molecule has 2 aromatic carbocycles. The van der Waals surface area contributed by atoms with Crippen LogP contribution in [0.2, 0.25) is 0 Å². The van der Waals surface area contributed by atoms with Gasteiger partial charge in [-0.25, -0.2) is 4.79 Å². The van der Waals surface area contributed by atoms with Crippen molar-refractivity contribution in [2.24, 2.45) is 0 Å². The third kappa shape index (κ3) is 4.73. The number of anilines is 1. The monoisotopic (exact) mass is 397 g/mol. The fourth-order valence-electron chi connectivity index (χ4n) is 2.75. The smallest absolute Gasteiger partial charge is 0.337 e. The lowest BCUT2D eigenvalue weighted by Gasteiger charge is -2.10. The van der Waals surface area contributed by atoms with E-state index in [1.54, 1.807) is 25.1 Å². The van der Waals surface area contributed by atoms with E-state index < -0.39 is 24.5 Å². The summed E-state index contributed by atoms with van der Waals surface area (Å²) in [5.74, 6) is -1.60. The number of furan rings is 1. The Kier molecular flexibility index (Phi) is 5.82. The first-order valence-electron chi connectivity index (χ1n) is 8.71. The van der Waals surface area contributed by atoms with Gasteiger partial charge in [-0.15, -0.1) is 0 Å². The highest BCUT2D eigenvalue weighted by atomic mass is 16.5. The third-order valence-corrected chi connectivity index (χ3v) is 4.27. The Morgan fingerprint density at radius 3 is 2.69 bits per heavy atom. The Morgan fingerprint density at radius 1 is 1.14 bits per heavy atom. The average molecular weight is 397 g/mol. The van der Waals surface area contributed by atoms with Gasteiger partial charge in [-0.3, -0.25) is 9.59 Å². The average Bonchev–Trinajstić information content (AvgIpc) is 3.09. The van der Waals surface area contributed by atoms with Crippen LogP contribution >= 0.6 is 0 Å². The van der Waals surface area contributed by atoms with Gasteiger partial charge in [0.25, 0.3) is 5.91 Å². The largest absolute Gasteiger partial charge is 0.508 e. The van der Waals surface area contributed by atoms with Crippen molar-refractivity contribution < 1.29 is 33.4 Å². The lowest BCUT2D eigenvalue weighted by molar-refractivity contribution is -0.146. The van der Waals surface area contributed by atoms with Crippen LogP contribution in [0.1, 0.15) is 21.5 Å². The highest BCUT2D eigenvalue weighted by Crippen LogP contribution is 2.25. The topological polar surface area (TPSA) is 115 Å². The summed E-state index contributed by atoms with van der Waals surface area (Å²) in [5, 5.41) is 12.7. The van der Waals surface area contributed by atoms with Gasteiger partial charge in [-0.2, -0.15) is 0 Å². The standard InChI is InChI=1S/C21H19NO7/c1-12-3-4-13(21(26)27-2)7-17(12)22-19(24)11-29-20(25)8-14-10-28-18-9-15(23)5-6-16(14)18/h3-7,9-10,23H,8,11H2,1-2H3,(H,22,24). The van der Waals surface area contributed by atoms with E-state index in [1.165, 1.54) is 31.6 Å². The van der Waals surface area contributed by atoms with Gasteiger partial charge in [0.15, 0.2) is 6.61 Å². The van der Waals surface area contributed by atoms with Crippen LogP contribution in [0.5, 0.6) is 5.75 Å². The van der Waals surface area contributed by atoms with Gasteiger partial charge in [0.1, 0.15) is 11.3 Å². The van der Waals surface area contributed by atoms with Crippen LogP contribution in [0.25, 0.3) is 11.0 Å². The first kappa shape index (κ1) is 19.9. The Bertz CT molecular complexity index is 1080. The first-order chi connectivity index (χ1) is 13.9. The highest BCUT2D eigenvalue weighted by molar-refractivity contribution is 5.96. The number of aryl methyl sites for hydroxylation is 1. The number of hydrogen-bond acceptors (Lipinski definition) is 7. The number of aromatic hydroxyl groups is 1. The van der Waals surface area contributed by atoms with Crippen molar-refractivity contribution >= 4 is 34.5 Å². The van der Waals surface area contributed by atoms with Crippen LogP contribution in [-0.4, -0.2) is 36.7 Å². The van der Waals surface area contributed by atoms with E-state index >= 15 is 0 Å². The second-order valence-corrected chi connectivity index (χ2v) is 6.35. The Hall–Kier alpha value is -3.81. The normalized spacial score (nSPS) is 10.6. The molecule has 1 heterocycles. The molecule has 0 aliphatic carbocycles. The van der Waals surface area contributed by atoms with E-state index in [4.69, 9.17) is 9.15 Å². The Morgan fingerprint density at radius 2 is 1.93 bits per heavy atom. The number of benzene rings is 2. The zero-order valence-electron chi connectivity index (χ0n) is 15.9. The number of fused-ring (bicyclic) bond motifs is 1. The summed E-state index contributed by atoms with van der Waals surface area (Å²) in [4.78, 5) is 35.8. The number of methoxy groups -OCH3 is 1. The summed E-state index contributed by atoms with van der Waals surface area (Å²) in [6.07, 6.45) is 1.33. The van der Waals surface area contributed by atoms with E-state index in [9.17, 15) is 19.5 Å². The molecular weight excluding hydrogens is 378 g/mol. The maximum absolute atomic E-state index is 12.1. The number of carbonyl (C=O) groups is 3. The van der Waals surface area contributed by atoms with Crippen LogP contribution in [0.3, 0.4) is 0 Å². The summed E-state index contributed by atoms with van der Waals surface area (Å²) >= 11 is 0. The van der Waals surface area contributed by atoms with E-state index in [0.717, 1.165) is 5.56 Å². The van der Waals surface area contributed by atoms with Gasteiger partial charge < -0.3 is 24.3 Å². The third-order valence-electron chi connectivity index (χ3n) is 4.27. The molecule has 0 spiro atoms. The summed E-state index contributed by atoms with van der Waals surface area (Å²) in [5.41, 5.74) is 2.50. The number of nitrogens with one attached hydrogen (secondary N) is 1. The fraction of sp³-hybridized carbons (Fsp3) is 0.190. The SMILES string of the molecule is COC(=O)c1ccc(C)c(NC(=O)COC(=O)Cc2coc3cc(O)ccc23)c1. The Balaban J connectivity index is 1.57. The molecule has 3 rings (SSSR count). The number of hydrogen-bond donors (Lipinski definition) is 2. The van der Waals surface area contributed by atoms with Crippen molar-refractivity contribution in [3.8, 4) is 5.75 Å². The highest BCUT2D eigenvalue weighted by Gasteiger charge is 2.15. The van der Waals surface area contributed by atoms with Gasteiger partial charge in [0, 0.05) is 22.7 Å². The number of phenols is 1. The summed E-state index contributed by atoms with van der Waals surface area (Å²) in [6.45, 7) is 1.29. The van der Waals surface area contributed by atoms with Gasteiger partial charge in [0.05, 0.1) is 25.4 Å². The van der Waals surface area contributed by atoms with Crippen LogP contribution in [-0.2, 0) is 25.5 Å².